The molecule has 0 bridgehead atoms. The number of H-pyrrole nitrogens is 1. The van der Waals surface area contributed by atoms with E-state index < -0.39 is 18.2 Å². The minimum atomic E-state index is -4.59. The summed E-state index contributed by atoms with van der Waals surface area (Å²) in [6.45, 7) is 1.45. The molecule has 0 aromatic carbocycles. The van der Waals surface area contributed by atoms with Gasteiger partial charge in [0, 0.05) is 18.9 Å². The number of aromatic nitrogens is 1. The molecular weight excluding hydrogens is 239 g/mol. The van der Waals surface area contributed by atoms with Crippen LogP contribution in [0.1, 0.15) is 27.7 Å². The van der Waals surface area contributed by atoms with E-state index in [9.17, 15) is 18.0 Å². The van der Waals surface area contributed by atoms with E-state index in [0.29, 0.717) is 0 Å². The molecule has 1 aromatic heterocycles. The molecule has 1 atom stereocenters. The molecule has 1 heterocycles. The maximum absolute atomic E-state index is 12.7. The van der Waals surface area contributed by atoms with Crippen molar-refractivity contribution in [3.05, 3.63) is 23.0 Å². The third kappa shape index (κ3) is 2.60. The molecule has 0 saturated heterocycles. The van der Waals surface area contributed by atoms with Crippen LogP contribution in [-0.4, -0.2) is 31.3 Å². The van der Waals surface area contributed by atoms with Gasteiger partial charge < -0.3 is 14.5 Å². The third-order valence-electron chi connectivity index (χ3n) is 2.31. The van der Waals surface area contributed by atoms with Crippen molar-refractivity contribution in [3.63, 3.8) is 0 Å². The van der Waals surface area contributed by atoms with Gasteiger partial charge in [0.2, 0.25) is 0 Å². The van der Waals surface area contributed by atoms with E-state index in [0.717, 1.165) is 14.2 Å². The summed E-state index contributed by atoms with van der Waals surface area (Å²) in [6.07, 6.45) is -5.44. The zero-order valence-electron chi connectivity index (χ0n) is 9.51. The summed E-state index contributed by atoms with van der Waals surface area (Å²) < 4.78 is 47.0. The number of aromatic amines is 1. The quantitative estimate of drug-likeness (QED) is 0.839. The van der Waals surface area contributed by atoms with E-state index in [1.54, 1.807) is 0 Å². The molecule has 96 valence electrons. The van der Waals surface area contributed by atoms with E-state index in [-0.39, 0.29) is 16.8 Å². The van der Waals surface area contributed by atoms with Crippen molar-refractivity contribution in [1.29, 1.82) is 0 Å². The molecule has 0 fully saturated rings. The highest BCUT2D eigenvalue weighted by atomic mass is 19.4. The Morgan fingerprint density at radius 2 is 2.00 bits per heavy atom. The van der Waals surface area contributed by atoms with E-state index in [1.165, 1.54) is 13.1 Å². The molecular formula is C10H12F3NO3. The normalized spacial score (nSPS) is 13.5. The molecule has 1 N–H and O–H groups in total. The number of esters is 1. The van der Waals surface area contributed by atoms with Crippen LogP contribution in [-0.2, 0) is 9.47 Å². The van der Waals surface area contributed by atoms with Gasteiger partial charge >= 0.3 is 12.1 Å². The predicted molar refractivity (Wildman–Crippen MR) is 52.7 cm³/mol. The van der Waals surface area contributed by atoms with Crippen LogP contribution < -0.4 is 0 Å². The van der Waals surface area contributed by atoms with E-state index >= 15 is 0 Å². The van der Waals surface area contributed by atoms with Gasteiger partial charge in [-0.1, -0.05) is 0 Å². The molecule has 0 spiro atoms. The molecule has 4 nitrogen and oxygen atoms in total. The van der Waals surface area contributed by atoms with Crippen molar-refractivity contribution in [3.8, 4) is 0 Å². The number of halogens is 3. The highest BCUT2D eigenvalue weighted by Gasteiger charge is 2.44. The Morgan fingerprint density at radius 3 is 2.41 bits per heavy atom. The van der Waals surface area contributed by atoms with Gasteiger partial charge in [0.25, 0.3) is 0 Å². The third-order valence-corrected chi connectivity index (χ3v) is 2.31. The van der Waals surface area contributed by atoms with Crippen molar-refractivity contribution in [1.82, 2.24) is 4.98 Å². The molecule has 1 aromatic rings. The van der Waals surface area contributed by atoms with Crippen LogP contribution in [0.5, 0.6) is 0 Å². The van der Waals surface area contributed by atoms with E-state index in [4.69, 9.17) is 0 Å². The van der Waals surface area contributed by atoms with Crippen LogP contribution in [0.4, 0.5) is 13.2 Å². The first-order valence-corrected chi connectivity index (χ1v) is 4.68. The predicted octanol–water partition coefficient (Wildman–Crippen LogP) is 2.36. The summed E-state index contributed by atoms with van der Waals surface area (Å²) in [5.41, 5.74) is -0.199. The van der Waals surface area contributed by atoms with E-state index in [2.05, 4.69) is 14.5 Å². The van der Waals surface area contributed by atoms with Gasteiger partial charge in [-0.2, -0.15) is 13.2 Å². The molecule has 17 heavy (non-hydrogen) atoms. The van der Waals surface area contributed by atoms with Gasteiger partial charge in [0.05, 0.1) is 7.11 Å². The highest BCUT2D eigenvalue weighted by Crippen LogP contribution is 2.38. The molecule has 1 rings (SSSR count). The van der Waals surface area contributed by atoms with Crippen LogP contribution in [0.15, 0.2) is 6.20 Å². The SMILES string of the molecule is COC(=O)c1[nH]cc(C)c1C(OC)C(F)(F)F. The second kappa shape index (κ2) is 4.79. The van der Waals surface area contributed by atoms with Crippen LogP contribution >= 0.6 is 0 Å². The fraction of sp³-hybridized carbons (Fsp3) is 0.500. The highest BCUT2D eigenvalue weighted by molar-refractivity contribution is 5.89. The smallest absolute Gasteiger partial charge is 0.418 e. The molecule has 1 unspecified atom stereocenters. The first-order chi connectivity index (χ1) is 7.82. The number of hydrogen-bond acceptors (Lipinski definition) is 3. The van der Waals surface area contributed by atoms with Gasteiger partial charge in [-0.25, -0.2) is 4.79 Å². The Labute approximate surface area is 95.7 Å². The molecule has 0 aliphatic heterocycles. The second-order valence-electron chi connectivity index (χ2n) is 3.41. The summed E-state index contributed by atoms with van der Waals surface area (Å²) in [5, 5.41) is 0. The standard InChI is InChI=1S/C10H12F3NO3/c1-5-4-14-7(9(15)17-3)6(5)8(16-2)10(11,12)13/h4,8,14H,1-3H3. The number of carbonyl (C=O) groups excluding carboxylic acids is 1. The van der Waals surface area contributed by atoms with Gasteiger partial charge in [-0.3, -0.25) is 0 Å². The number of carbonyl (C=O) groups is 1. The fourth-order valence-corrected chi connectivity index (χ4v) is 1.56. The van der Waals surface area contributed by atoms with Crippen molar-refractivity contribution in [2.24, 2.45) is 0 Å². The maximum Gasteiger partial charge on any atom is 0.418 e. The lowest BCUT2D eigenvalue weighted by atomic mass is 10.0. The number of rotatable bonds is 3. The van der Waals surface area contributed by atoms with Crippen LogP contribution in [0.2, 0.25) is 0 Å². The van der Waals surface area contributed by atoms with Crippen molar-refractivity contribution < 1.29 is 27.4 Å². The molecule has 0 aliphatic rings. The first-order valence-electron chi connectivity index (χ1n) is 4.68. The number of methoxy groups -OCH3 is 2. The topological polar surface area (TPSA) is 51.3 Å². The van der Waals surface area contributed by atoms with Crippen molar-refractivity contribution >= 4 is 5.97 Å². The monoisotopic (exact) mass is 251 g/mol. The first kappa shape index (κ1) is 13.6. The van der Waals surface area contributed by atoms with Gasteiger partial charge in [-0.15, -0.1) is 0 Å². The lowest BCUT2D eigenvalue weighted by Gasteiger charge is -2.19. The fourth-order valence-electron chi connectivity index (χ4n) is 1.56. The lowest BCUT2D eigenvalue weighted by molar-refractivity contribution is -0.216. The summed E-state index contributed by atoms with van der Waals surface area (Å²) in [4.78, 5) is 13.8. The summed E-state index contributed by atoms with van der Waals surface area (Å²) in [7, 11) is 2.03. The zero-order chi connectivity index (χ0) is 13.2. The zero-order valence-corrected chi connectivity index (χ0v) is 9.51. The molecule has 0 aliphatic carbocycles. The number of nitrogens with one attached hydrogen (secondary N) is 1. The van der Waals surface area contributed by atoms with Crippen LogP contribution in [0.3, 0.4) is 0 Å². The average Bonchev–Trinajstić information content (AvgIpc) is 2.59. The van der Waals surface area contributed by atoms with Gasteiger partial charge in [-0.05, 0) is 12.5 Å². The maximum atomic E-state index is 12.7. The summed E-state index contributed by atoms with van der Waals surface area (Å²) in [6, 6.07) is 0. The minimum absolute atomic E-state index is 0.242. The van der Waals surface area contributed by atoms with Crippen molar-refractivity contribution in [2.75, 3.05) is 14.2 Å². The van der Waals surface area contributed by atoms with Gasteiger partial charge in [0.15, 0.2) is 6.10 Å². The number of alkyl halides is 3. The van der Waals surface area contributed by atoms with Crippen molar-refractivity contribution in [2.45, 2.75) is 19.2 Å². The number of hydrogen-bond donors (Lipinski definition) is 1. The van der Waals surface area contributed by atoms with Crippen LogP contribution in [0.25, 0.3) is 0 Å². The Balaban J connectivity index is 3.28. The summed E-state index contributed by atoms with van der Waals surface area (Å²) in [5.74, 6) is -0.862. The average molecular weight is 251 g/mol. The molecule has 7 heteroatoms. The van der Waals surface area contributed by atoms with Gasteiger partial charge in [0.1, 0.15) is 5.69 Å². The summed E-state index contributed by atoms with van der Waals surface area (Å²) >= 11 is 0. The lowest BCUT2D eigenvalue weighted by Crippen LogP contribution is -2.24. The van der Waals surface area contributed by atoms with E-state index in [1.807, 2.05) is 0 Å². The molecule has 0 saturated carbocycles. The Bertz CT molecular complexity index is 411. The van der Waals surface area contributed by atoms with Crippen LogP contribution in [0, 0.1) is 6.92 Å². The molecule has 0 amide bonds. The number of aryl methyl sites for hydroxylation is 1. The Hall–Kier alpha value is -1.50. The second-order valence-corrected chi connectivity index (χ2v) is 3.41. The largest absolute Gasteiger partial charge is 0.464 e. The molecule has 0 radical (unpaired) electrons. The number of ether oxygens (including phenoxy) is 2. The minimum Gasteiger partial charge on any atom is -0.464 e. The Morgan fingerprint density at radius 1 is 1.41 bits per heavy atom. The Kier molecular flexibility index (Phi) is 3.82.